The molecule has 0 saturated heterocycles. The molecule has 0 saturated carbocycles. The number of aryl methyl sites for hydroxylation is 1. The summed E-state index contributed by atoms with van der Waals surface area (Å²) >= 11 is 0. The fraction of sp³-hybridized carbons (Fsp3) is 0.167. The van der Waals surface area contributed by atoms with Crippen molar-refractivity contribution in [3.8, 4) is 6.07 Å². The largest absolute Gasteiger partial charge is 0.381 e. The molecule has 0 spiro atoms. The minimum absolute atomic E-state index is 0.287. The predicted octanol–water partition coefficient (Wildman–Crippen LogP) is 1.69. The minimum Gasteiger partial charge on any atom is -0.381 e. The molecule has 0 unspecified atom stereocenters. The number of aromatic nitrogens is 2. The van der Waals surface area contributed by atoms with Gasteiger partial charge in [-0.2, -0.15) is 5.26 Å². The molecular weight excluding hydrogens is 200 g/mol. The highest BCUT2D eigenvalue weighted by Gasteiger charge is 2.07. The molecule has 0 atom stereocenters. The lowest BCUT2D eigenvalue weighted by atomic mass is 10.1. The van der Waals surface area contributed by atoms with E-state index in [1.54, 1.807) is 10.9 Å². The summed E-state index contributed by atoms with van der Waals surface area (Å²) in [5.41, 5.74) is 8.33. The number of anilines is 1. The van der Waals surface area contributed by atoms with Gasteiger partial charge in [0.15, 0.2) is 11.5 Å². The van der Waals surface area contributed by atoms with Crippen molar-refractivity contribution in [2.75, 3.05) is 5.73 Å². The number of benzene rings is 1. The van der Waals surface area contributed by atoms with Gasteiger partial charge in [-0.3, -0.25) is 0 Å². The maximum absolute atomic E-state index is 8.93. The molecule has 16 heavy (non-hydrogen) atoms. The van der Waals surface area contributed by atoms with Gasteiger partial charge < -0.3 is 10.3 Å². The number of imidazole rings is 1. The molecular formula is C12H12N4. The first kappa shape index (κ1) is 10.2. The Morgan fingerprint density at radius 3 is 3.00 bits per heavy atom. The van der Waals surface area contributed by atoms with E-state index in [2.05, 4.69) is 17.1 Å². The van der Waals surface area contributed by atoms with Crippen molar-refractivity contribution in [2.45, 2.75) is 13.5 Å². The van der Waals surface area contributed by atoms with E-state index in [-0.39, 0.29) is 5.82 Å². The lowest BCUT2D eigenvalue weighted by molar-refractivity contribution is 0.785. The highest BCUT2D eigenvalue weighted by molar-refractivity contribution is 5.44. The van der Waals surface area contributed by atoms with Crippen LogP contribution in [0.4, 0.5) is 5.82 Å². The van der Waals surface area contributed by atoms with Gasteiger partial charge in [0.05, 0.1) is 6.33 Å². The predicted molar refractivity (Wildman–Crippen MR) is 61.6 cm³/mol. The molecule has 4 nitrogen and oxygen atoms in total. The number of hydrogen-bond donors (Lipinski definition) is 1. The van der Waals surface area contributed by atoms with Crippen LogP contribution in [0.3, 0.4) is 0 Å². The van der Waals surface area contributed by atoms with Gasteiger partial charge in [-0.1, -0.05) is 29.8 Å². The molecule has 1 aromatic carbocycles. The van der Waals surface area contributed by atoms with Gasteiger partial charge in [0.25, 0.3) is 0 Å². The third kappa shape index (κ3) is 1.89. The van der Waals surface area contributed by atoms with Crippen molar-refractivity contribution < 1.29 is 0 Å². The summed E-state index contributed by atoms with van der Waals surface area (Å²) in [6.45, 7) is 2.66. The summed E-state index contributed by atoms with van der Waals surface area (Å²) in [7, 11) is 0. The minimum atomic E-state index is 0.287. The Labute approximate surface area is 94.0 Å². The Bertz CT molecular complexity index is 548. The fourth-order valence-electron chi connectivity index (χ4n) is 1.65. The van der Waals surface area contributed by atoms with Crippen LogP contribution < -0.4 is 5.73 Å². The van der Waals surface area contributed by atoms with Crippen molar-refractivity contribution in [3.05, 3.63) is 47.4 Å². The molecule has 2 rings (SSSR count). The van der Waals surface area contributed by atoms with Crippen LogP contribution in [0.2, 0.25) is 0 Å². The summed E-state index contributed by atoms with van der Waals surface area (Å²) in [6.07, 6.45) is 1.59. The molecule has 1 heterocycles. The van der Waals surface area contributed by atoms with Crippen LogP contribution in [-0.4, -0.2) is 9.55 Å². The summed E-state index contributed by atoms with van der Waals surface area (Å²) in [5, 5.41) is 8.93. The van der Waals surface area contributed by atoms with Crippen LogP contribution in [-0.2, 0) is 6.54 Å². The third-order valence-corrected chi connectivity index (χ3v) is 2.41. The van der Waals surface area contributed by atoms with Gasteiger partial charge >= 0.3 is 0 Å². The van der Waals surface area contributed by atoms with Crippen LogP contribution in [0, 0.1) is 18.3 Å². The Balaban J connectivity index is 2.31. The monoisotopic (exact) mass is 212 g/mol. The summed E-state index contributed by atoms with van der Waals surface area (Å²) < 4.78 is 1.75. The van der Waals surface area contributed by atoms with Crippen LogP contribution in [0.5, 0.6) is 0 Å². The summed E-state index contributed by atoms with van der Waals surface area (Å²) in [6, 6.07) is 10.2. The molecule has 0 aliphatic heterocycles. The second-order valence-electron chi connectivity index (χ2n) is 3.71. The van der Waals surface area contributed by atoms with Crippen LogP contribution >= 0.6 is 0 Å². The first-order valence-corrected chi connectivity index (χ1v) is 4.97. The maximum atomic E-state index is 8.93. The van der Waals surface area contributed by atoms with E-state index in [4.69, 9.17) is 11.0 Å². The summed E-state index contributed by atoms with van der Waals surface area (Å²) in [5.74, 6) is 0.287. The zero-order valence-corrected chi connectivity index (χ0v) is 9.01. The molecule has 2 aromatic rings. The van der Waals surface area contributed by atoms with Gasteiger partial charge in [0.1, 0.15) is 6.07 Å². The number of nitriles is 1. The fourth-order valence-corrected chi connectivity index (χ4v) is 1.65. The number of hydrogen-bond acceptors (Lipinski definition) is 3. The smallest absolute Gasteiger partial charge is 0.164 e. The van der Waals surface area contributed by atoms with Crippen molar-refractivity contribution in [1.29, 1.82) is 5.26 Å². The van der Waals surface area contributed by atoms with Gasteiger partial charge in [-0.05, 0) is 12.5 Å². The van der Waals surface area contributed by atoms with Crippen molar-refractivity contribution >= 4 is 5.82 Å². The van der Waals surface area contributed by atoms with Crippen LogP contribution in [0.15, 0.2) is 30.6 Å². The first-order chi connectivity index (χ1) is 7.70. The van der Waals surface area contributed by atoms with E-state index in [0.717, 1.165) is 5.56 Å². The van der Waals surface area contributed by atoms with Crippen molar-refractivity contribution in [3.63, 3.8) is 0 Å². The average molecular weight is 212 g/mol. The number of nitrogens with two attached hydrogens (primary N) is 1. The van der Waals surface area contributed by atoms with Gasteiger partial charge in [-0.25, -0.2) is 4.98 Å². The second kappa shape index (κ2) is 4.07. The highest BCUT2D eigenvalue weighted by Crippen LogP contribution is 2.12. The van der Waals surface area contributed by atoms with E-state index in [0.29, 0.717) is 12.2 Å². The zero-order valence-electron chi connectivity index (χ0n) is 9.01. The Hall–Kier alpha value is -2.28. The van der Waals surface area contributed by atoms with E-state index < -0.39 is 0 Å². The topological polar surface area (TPSA) is 67.6 Å². The molecule has 0 aliphatic carbocycles. The molecule has 80 valence electrons. The normalized spacial score (nSPS) is 10.0. The number of nitrogen functional groups attached to an aromatic ring is 1. The second-order valence-corrected chi connectivity index (χ2v) is 3.71. The molecule has 0 radical (unpaired) electrons. The van der Waals surface area contributed by atoms with Gasteiger partial charge in [0, 0.05) is 6.54 Å². The van der Waals surface area contributed by atoms with E-state index >= 15 is 0 Å². The molecule has 0 fully saturated rings. The lowest BCUT2D eigenvalue weighted by Gasteiger charge is -2.04. The molecule has 0 aliphatic rings. The Kier molecular flexibility index (Phi) is 2.61. The standard InChI is InChI=1S/C12H12N4/c1-9-3-2-4-10(5-9)7-16-8-15-12(14)11(16)6-13/h2-5,8H,7,14H2,1H3. The van der Waals surface area contributed by atoms with Crippen LogP contribution in [0.1, 0.15) is 16.8 Å². The van der Waals surface area contributed by atoms with E-state index in [9.17, 15) is 0 Å². The zero-order chi connectivity index (χ0) is 11.5. The lowest BCUT2D eigenvalue weighted by Crippen LogP contribution is -2.02. The van der Waals surface area contributed by atoms with E-state index in [1.165, 1.54) is 5.56 Å². The highest BCUT2D eigenvalue weighted by atomic mass is 15.1. The summed E-state index contributed by atoms with van der Waals surface area (Å²) in [4.78, 5) is 3.92. The maximum Gasteiger partial charge on any atom is 0.164 e. The Morgan fingerprint density at radius 1 is 1.50 bits per heavy atom. The van der Waals surface area contributed by atoms with Gasteiger partial charge in [0.2, 0.25) is 0 Å². The molecule has 0 bridgehead atoms. The van der Waals surface area contributed by atoms with Crippen LogP contribution in [0.25, 0.3) is 0 Å². The molecule has 2 N–H and O–H groups in total. The first-order valence-electron chi connectivity index (χ1n) is 4.97. The van der Waals surface area contributed by atoms with E-state index in [1.807, 2.05) is 25.1 Å². The SMILES string of the molecule is Cc1cccc(Cn2cnc(N)c2C#N)c1. The number of nitrogens with zero attached hydrogens (tertiary/aromatic N) is 3. The third-order valence-electron chi connectivity index (χ3n) is 2.41. The Morgan fingerprint density at radius 2 is 2.31 bits per heavy atom. The van der Waals surface area contributed by atoms with Crippen molar-refractivity contribution in [1.82, 2.24) is 9.55 Å². The van der Waals surface area contributed by atoms with Gasteiger partial charge in [-0.15, -0.1) is 0 Å². The number of rotatable bonds is 2. The molecule has 0 amide bonds. The molecule has 4 heteroatoms. The molecule has 1 aromatic heterocycles. The van der Waals surface area contributed by atoms with Crippen molar-refractivity contribution in [2.24, 2.45) is 0 Å². The average Bonchev–Trinajstić information content (AvgIpc) is 2.59. The quantitative estimate of drug-likeness (QED) is 0.823.